The summed E-state index contributed by atoms with van der Waals surface area (Å²) in [5.41, 5.74) is 0.953. The molecule has 2 aliphatic rings. The molecule has 1 aliphatic carbocycles. The van der Waals surface area contributed by atoms with E-state index in [1.807, 2.05) is 6.07 Å². The van der Waals surface area contributed by atoms with Crippen molar-refractivity contribution in [2.75, 3.05) is 13.6 Å². The van der Waals surface area contributed by atoms with Crippen molar-refractivity contribution in [2.24, 2.45) is 11.8 Å². The quantitative estimate of drug-likeness (QED) is 0.905. The molecular formula is C17H22F2N2O2. The molecule has 0 radical (unpaired) electrons. The first kappa shape index (κ1) is 16.2. The highest BCUT2D eigenvalue weighted by atomic mass is 19.3. The van der Waals surface area contributed by atoms with Crippen molar-refractivity contribution < 1.29 is 18.3 Å². The fourth-order valence-electron chi connectivity index (χ4n) is 3.83. The summed E-state index contributed by atoms with van der Waals surface area (Å²) in [5.74, 6) is 1.39. The van der Waals surface area contributed by atoms with E-state index in [0.29, 0.717) is 30.8 Å². The molecule has 0 spiro atoms. The maximum Gasteiger partial charge on any atom is 0.387 e. The molecule has 0 aromatic heterocycles. The summed E-state index contributed by atoms with van der Waals surface area (Å²) in [6, 6.07) is 7.28. The van der Waals surface area contributed by atoms with Crippen LogP contribution in [0, 0.1) is 11.8 Å². The number of halogens is 2. The number of rotatable bonds is 5. The largest absolute Gasteiger partial charge is 0.435 e. The standard InChI is InChI=1S/C17H22F2N2O2/c1-21(10-11-3-2-4-15(5-11)23-17(18)19)14-6-12-8-16(22)20-9-13(12)7-14/h2-5,12-14,17H,6-10H2,1H3,(H,20,22)/t12-,13+,14-/m0/s1. The number of nitrogens with one attached hydrogen (secondary N) is 1. The number of fused-ring (bicyclic) bond motifs is 1. The zero-order valence-electron chi connectivity index (χ0n) is 13.2. The summed E-state index contributed by atoms with van der Waals surface area (Å²) in [5, 5.41) is 2.94. The predicted octanol–water partition coefficient (Wildman–Crippen LogP) is 2.63. The predicted molar refractivity (Wildman–Crippen MR) is 82.2 cm³/mol. The van der Waals surface area contributed by atoms with Gasteiger partial charge in [-0.05, 0) is 49.4 Å². The smallest absolute Gasteiger partial charge is 0.387 e. The number of alkyl halides is 2. The fraction of sp³-hybridized carbons (Fsp3) is 0.588. The molecule has 1 aliphatic heterocycles. The van der Waals surface area contributed by atoms with Crippen molar-refractivity contribution in [3.05, 3.63) is 29.8 Å². The van der Waals surface area contributed by atoms with Crippen LogP contribution in [-0.2, 0) is 11.3 Å². The van der Waals surface area contributed by atoms with Gasteiger partial charge in [0.15, 0.2) is 0 Å². The van der Waals surface area contributed by atoms with Gasteiger partial charge in [0.2, 0.25) is 5.91 Å². The van der Waals surface area contributed by atoms with Crippen LogP contribution in [0.3, 0.4) is 0 Å². The van der Waals surface area contributed by atoms with E-state index in [9.17, 15) is 13.6 Å². The van der Waals surface area contributed by atoms with Gasteiger partial charge >= 0.3 is 6.61 Å². The van der Waals surface area contributed by atoms with Crippen LogP contribution in [0.2, 0.25) is 0 Å². The maximum atomic E-state index is 12.3. The Morgan fingerprint density at radius 3 is 2.91 bits per heavy atom. The summed E-state index contributed by atoms with van der Waals surface area (Å²) < 4.78 is 29.0. The molecule has 1 saturated heterocycles. The van der Waals surface area contributed by atoms with Crippen LogP contribution in [0.15, 0.2) is 24.3 Å². The van der Waals surface area contributed by atoms with Crippen LogP contribution in [0.5, 0.6) is 5.75 Å². The number of ether oxygens (including phenoxy) is 1. The van der Waals surface area contributed by atoms with Gasteiger partial charge in [-0.15, -0.1) is 0 Å². The molecule has 3 rings (SSSR count). The second-order valence-corrected chi connectivity index (χ2v) is 6.59. The molecule has 0 unspecified atom stereocenters. The number of piperidine rings is 1. The van der Waals surface area contributed by atoms with Crippen LogP contribution in [0.4, 0.5) is 8.78 Å². The number of nitrogens with zero attached hydrogens (tertiary/aromatic N) is 1. The molecule has 1 aromatic rings. The highest BCUT2D eigenvalue weighted by Gasteiger charge is 2.39. The zero-order chi connectivity index (χ0) is 16.4. The fourth-order valence-corrected chi connectivity index (χ4v) is 3.83. The summed E-state index contributed by atoms with van der Waals surface area (Å²) in [4.78, 5) is 13.8. The van der Waals surface area contributed by atoms with Gasteiger partial charge in [-0.1, -0.05) is 12.1 Å². The molecule has 2 fully saturated rings. The Morgan fingerprint density at radius 1 is 1.35 bits per heavy atom. The van der Waals surface area contributed by atoms with E-state index in [4.69, 9.17) is 0 Å². The van der Waals surface area contributed by atoms with Gasteiger partial charge in [0, 0.05) is 25.6 Å². The number of carbonyl (C=O) groups is 1. The average molecular weight is 324 g/mol. The minimum atomic E-state index is -2.80. The third-order valence-corrected chi connectivity index (χ3v) is 5.00. The number of carbonyl (C=O) groups excluding carboxylic acids is 1. The van der Waals surface area contributed by atoms with E-state index in [1.54, 1.807) is 12.1 Å². The van der Waals surface area contributed by atoms with Crippen molar-refractivity contribution >= 4 is 5.91 Å². The number of amides is 1. The second kappa shape index (κ2) is 6.83. The summed E-state index contributed by atoms with van der Waals surface area (Å²) in [6.45, 7) is -1.33. The Balaban J connectivity index is 1.59. The molecular weight excluding hydrogens is 302 g/mol. The third kappa shape index (κ3) is 3.99. The van der Waals surface area contributed by atoms with Crippen molar-refractivity contribution in [3.63, 3.8) is 0 Å². The van der Waals surface area contributed by atoms with Crippen LogP contribution in [0.1, 0.15) is 24.8 Å². The molecule has 4 nitrogen and oxygen atoms in total. The second-order valence-electron chi connectivity index (χ2n) is 6.59. The number of benzene rings is 1. The Morgan fingerprint density at radius 2 is 2.13 bits per heavy atom. The van der Waals surface area contributed by atoms with Crippen molar-refractivity contribution in [2.45, 2.75) is 38.5 Å². The van der Waals surface area contributed by atoms with Crippen molar-refractivity contribution in [1.82, 2.24) is 10.2 Å². The van der Waals surface area contributed by atoms with Gasteiger partial charge in [-0.3, -0.25) is 9.69 Å². The lowest BCUT2D eigenvalue weighted by Gasteiger charge is -2.24. The van der Waals surface area contributed by atoms with E-state index in [1.165, 1.54) is 6.07 Å². The Bertz CT molecular complexity index is 567. The maximum absolute atomic E-state index is 12.3. The monoisotopic (exact) mass is 324 g/mol. The van der Waals surface area contributed by atoms with Crippen LogP contribution in [0.25, 0.3) is 0 Å². The zero-order valence-corrected chi connectivity index (χ0v) is 13.2. The first-order chi connectivity index (χ1) is 11.0. The normalized spacial score (nSPS) is 27.2. The van der Waals surface area contributed by atoms with E-state index >= 15 is 0 Å². The lowest BCUT2D eigenvalue weighted by atomic mass is 9.89. The highest BCUT2D eigenvalue weighted by Crippen LogP contribution is 2.38. The van der Waals surface area contributed by atoms with E-state index < -0.39 is 6.61 Å². The summed E-state index contributed by atoms with van der Waals surface area (Å²) >= 11 is 0. The highest BCUT2D eigenvalue weighted by molar-refractivity contribution is 5.77. The molecule has 1 aromatic carbocycles. The average Bonchev–Trinajstić information content (AvgIpc) is 2.90. The van der Waals surface area contributed by atoms with Crippen LogP contribution in [-0.4, -0.2) is 37.1 Å². The summed E-state index contributed by atoms with van der Waals surface area (Å²) in [7, 11) is 2.05. The molecule has 1 N–H and O–H groups in total. The van der Waals surface area contributed by atoms with E-state index in [0.717, 1.165) is 24.9 Å². The lowest BCUT2D eigenvalue weighted by molar-refractivity contribution is -0.124. The molecule has 6 heteroatoms. The van der Waals surface area contributed by atoms with E-state index in [2.05, 4.69) is 22.0 Å². The van der Waals surface area contributed by atoms with Gasteiger partial charge < -0.3 is 10.1 Å². The third-order valence-electron chi connectivity index (χ3n) is 5.00. The number of hydrogen-bond donors (Lipinski definition) is 1. The van der Waals surface area contributed by atoms with Crippen LogP contribution < -0.4 is 10.1 Å². The first-order valence-electron chi connectivity index (χ1n) is 8.02. The molecule has 1 saturated carbocycles. The van der Waals surface area contributed by atoms with Crippen molar-refractivity contribution in [1.29, 1.82) is 0 Å². The van der Waals surface area contributed by atoms with Gasteiger partial charge in [0.05, 0.1) is 0 Å². The van der Waals surface area contributed by atoms with E-state index in [-0.39, 0.29) is 11.7 Å². The SMILES string of the molecule is CN(Cc1cccc(OC(F)F)c1)[C@H]1C[C@H]2CC(=O)NC[C@H]2C1. The first-order valence-corrected chi connectivity index (χ1v) is 8.02. The van der Waals surface area contributed by atoms with Crippen LogP contribution >= 0.6 is 0 Å². The molecule has 1 heterocycles. The summed E-state index contributed by atoms with van der Waals surface area (Å²) in [6.07, 6.45) is 2.74. The topological polar surface area (TPSA) is 41.6 Å². The lowest BCUT2D eigenvalue weighted by Crippen LogP contribution is -2.38. The molecule has 1 amide bonds. The van der Waals surface area contributed by atoms with Crippen molar-refractivity contribution in [3.8, 4) is 5.75 Å². The Kier molecular flexibility index (Phi) is 4.80. The molecule has 0 bridgehead atoms. The van der Waals surface area contributed by atoms with Gasteiger partial charge in [-0.25, -0.2) is 0 Å². The van der Waals surface area contributed by atoms with Gasteiger partial charge in [0.1, 0.15) is 5.75 Å². The minimum absolute atomic E-state index is 0.159. The molecule has 23 heavy (non-hydrogen) atoms. The molecule has 126 valence electrons. The Hall–Kier alpha value is -1.69. The minimum Gasteiger partial charge on any atom is -0.435 e. The van der Waals surface area contributed by atoms with Gasteiger partial charge in [-0.2, -0.15) is 8.78 Å². The van der Waals surface area contributed by atoms with Gasteiger partial charge in [0.25, 0.3) is 0 Å². The number of hydrogen-bond acceptors (Lipinski definition) is 3. The molecule has 3 atom stereocenters. The Labute approximate surface area is 134 Å².